The van der Waals surface area contributed by atoms with E-state index in [9.17, 15) is 0 Å². The lowest BCUT2D eigenvalue weighted by Gasteiger charge is -2.05. The van der Waals surface area contributed by atoms with Crippen LogP contribution in [0.1, 0.15) is 6.42 Å². The Kier molecular flexibility index (Phi) is 2.63. The molecule has 2 N–H and O–H groups in total. The van der Waals surface area contributed by atoms with Crippen molar-refractivity contribution in [2.75, 3.05) is 19.8 Å². The molecule has 0 amide bonds. The Morgan fingerprint density at radius 2 is 2.12 bits per heavy atom. The second-order valence-corrected chi connectivity index (χ2v) is 1.89. The molecule has 8 heavy (non-hydrogen) atoms. The molecule has 0 aromatic heterocycles. The molecule has 0 aliphatic carbocycles. The minimum atomic E-state index is 0.949. The lowest BCUT2D eigenvalue weighted by atomic mass is 10.3. The smallest absolute Gasteiger partial charge is 0.0456 e. The SMILES string of the molecule is C1=C\CNCNCC/1. The van der Waals surface area contributed by atoms with Crippen LogP contribution < -0.4 is 10.6 Å². The molecule has 1 heterocycles. The van der Waals surface area contributed by atoms with Gasteiger partial charge in [0, 0.05) is 13.2 Å². The molecule has 0 aromatic rings. The summed E-state index contributed by atoms with van der Waals surface area (Å²) in [6.45, 7) is 3.06. The maximum absolute atomic E-state index is 3.22. The van der Waals surface area contributed by atoms with E-state index in [2.05, 4.69) is 22.8 Å². The summed E-state index contributed by atoms with van der Waals surface area (Å²) in [4.78, 5) is 0. The lowest BCUT2D eigenvalue weighted by molar-refractivity contribution is 0.604. The van der Waals surface area contributed by atoms with Gasteiger partial charge in [0.1, 0.15) is 0 Å². The van der Waals surface area contributed by atoms with Crippen LogP contribution in [-0.4, -0.2) is 19.8 Å². The Labute approximate surface area is 50.0 Å². The topological polar surface area (TPSA) is 24.1 Å². The first-order chi connectivity index (χ1) is 4.00. The first-order valence-corrected chi connectivity index (χ1v) is 3.06. The van der Waals surface area contributed by atoms with Crippen LogP contribution in [0.3, 0.4) is 0 Å². The van der Waals surface area contributed by atoms with Gasteiger partial charge in [-0.15, -0.1) is 0 Å². The molecule has 0 aromatic carbocycles. The minimum Gasteiger partial charge on any atom is -0.304 e. The predicted octanol–water partition coefficient (Wildman–Crippen LogP) is 0.0830. The summed E-state index contributed by atoms with van der Waals surface area (Å²) in [6.07, 6.45) is 5.53. The normalized spacial score (nSPS) is 26.0. The Bertz CT molecular complexity index is 68.6. The maximum atomic E-state index is 3.22. The largest absolute Gasteiger partial charge is 0.304 e. The van der Waals surface area contributed by atoms with Crippen LogP contribution in [0.25, 0.3) is 0 Å². The molecule has 0 saturated carbocycles. The molecule has 0 fully saturated rings. The van der Waals surface area contributed by atoms with Crippen molar-refractivity contribution in [3.05, 3.63) is 12.2 Å². The first kappa shape index (κ1) is 5.79. The second-order valence-electron chi connectivity index (χ2n) is 1.89. The van der Waals surface area contributed by atoms with E-state index in [-0.39, 0.29) is 0 Å². The van der Waals surface area contributed by atoms with Crippen molar-refractivity contribution in [2.24, 2.45) is 0 Å². The van der Waals surface area contributed by atoms with Crippen LogP contribution in [0.2, 0.25) is 0 Å². The minimum absolute atomic E-state index is 0.949. The van der Waals surface area contributed by atoms with E-state index in [0.717, 1.165) is 19.8 Å². The van der Waals surface area contributed by atoms with Crippen molar-refractivity contribution in [1.29, 1.82) is 0 Å². The Balaban J connectivity index is 2.17. The third-order valence-electron chi connectivity index (χ3n) is 1.17. The monoisotopic (exact) mass is 112 g/mol. The standard InChI is InChI=1S/C6H12N2/c1-2-4-7-6-8-5-3-1/h1-2,7-8H,3-6H2/b2-1-. The molecule has 1 rings (SSSR count). The van der Waals surface area contributed by atoms with Gasteiger partial charge in [-0.05, 0) is 13.0 Å². The van der Waals surface area contributed by atoms with Crippen LogP contribution in [0, 0.1) is 0 Å². The summed E-state index contributed by atoms with van der Waals surface area (Å²) in [7, 11) is 0. The van der Waals surface area contributed by atoms with Gasteiger partial charge >= 0.3 is 0 Å². The third kappa shape index (κ3) is 2.09. The average Bonchev–Trinajstić information content (AvgIpc) is 1.62. The Morgan fingerprint density at radius 1 is 1.12 bits per heavy atom. The van der Waals surface area contributed by atoms with E-state index in [1.165, 1.54) is 6.42 Å². The highest BCUT2D eigenvalue weighted by atomic mass is 15.0. The highest BCUT2D eigenvalue weighted by Crippen LogP contribution is 1.81. The summed E-state index contributed by atoms with van der Waals surface area (Å²) in [5.41, 5.74) is 0. The number of nitrogens with one attached hydrogen (secondary N) is 2. The van der Waals surface area contributed by atoms with Gasteiger partial charge in [0.15, 0.2) is 0 Å². The molecule has 0 radical (unpaired) electrons. The predicted molar refractivity (Wildman–Crippen MR) is 34.6 cm³/mol. The van der Waals surface area contributed by atoms with Crippen LogP contribution in [0.15, 0.2) is 12.2 Å². The zero-order valence-corrected chi connectivity index (χ0v) is 4.98. The van der Waals surface area contributed by atoms with Gasteiger partial charge in [0.05, 0.1) is 0 Å². The molecule has 0 bridgehead atoms. The van der Waals surface area contributed by atoms with Gasteiger partial charge in [-0.3, -0.25) is 0 Å². The third-order valence-corrected chi connectivity index (χ3v) is 1.17. The van der Waals surface area contributed by atoms with Crippen LogP contribution in [0.5, 0.6) is 0 Å². The summed E-state index contributed by atoms with van der Waals surface area (Å²) in [5.74, 6) is 0. The summed E-state index contributed by atoms with van der Waals surface area (Å²) in [6, 6.07) is 0. The lowest BCUT2D eigenvalue weighted by Crippen LogP contribution is -2.30. The van der Waals surface area contributed by atoms with Gasteiger partial charge in [0.2, 0.25) is 0 Å². The zero-order chi connectivity index (χ0) is 5.66. The highest BCUT2D eigenvalue weighted by molar-refractivity contribution is 4.85. The number of rotatable bonds is 0. The molecule has 0 atom stereocenters. The van der Waals surface area contributed by atoms with Crippen LogP contribution >= 0.6 is 0 Å². The van der Waals surface area contributed by atoms with E-state index >= 15 is 0 Å². The first-order valence-electron chi connectivity index (χ1n) is 3.06. The number of hydrogen-bond acceptors (Lipinski definition) is 2. The van der Waals surface area contributed by atoms with Crippen LogP contribution in [-0.2, 0) is 0 Å². The Hall–Kier alpha value is -0.340. The van der Waals surface area contributed by atoms with Crippen molar-refractivity contribution in [2.45, 2.75) is 6.42 Å². The Morgan fingerprint density at radius 3 is 3.12 bits per heavy atom. The average molecular weight is 112 g/mol. The quantitative estimate of drug-likeness (QED) is 0.434. The molecular weight excluding hydrogens is 100 g/mol. The molecule has 0 saturated heterocycles. The van der Waals surface area contributed by atoms with Crippen molar-refractivity contribution in [1.82, 2.24) is 10.6 Å². The fourth-order valence-corrected chi connectivity index (χ4v) is 0.719. The van der Waals surface area contributed by atoms with Gasteiger partial charge in [-0.25, -0.2) is 0 Å². The second kappa shape index (κ2) is 3.64. The maximum Gasteiger partial charge on any atom is 0.0456 e. The van der Waals surface area contributed by atoms with Gasteiger partial charge in [0.25, 0.3) is 0 Å². The van der Waals surface area contributed by atoms with Gasteiger partial charge < -0.3 is 10.6 Å². The molecule has 1 aliphatic heterocycles. The van der Waals surface area contributed by atoms with Gasteiger partial charge in [-0.1, -0.05) is 12.2 Å². The molecule has 2 heteroatoms. The van der Waals surface area contributed by atoms with Crippen molar-refractivity contribution >= 4 is 0 Å². The summed E-state index contributed by atoms with van der Waals surface area (Å²) >= 11 is 0. The fraction of sp³-hybridized carbons (Fsp3) is 0.667. The molecule has 2 nitrogen and oxygen atoms in total. The molecule has 1 aliphatic rings. The zero-order valence-electron chi connectivity index (χ0n) is 4.98. The molecular formula is C6H12N2. The summed E-state index contributed by atoms with van der Waals surface area (Å²) < 4.78 is 0. The van der Waals surface area contributed by atoms with E-state index in [0.29, 0.717) is 0 Å². The van der Waals surface area contributed by atoms with Crippen molar-refractivity contribution in [3.63, 3.8) is 0 Å². The van der Waals surface area contributed by atoms with Crippen molar-refractivity contribution < 1.29 is 0 Å². The van der Waals surface area contributed by atoms with E-state index in [4.69, 9.17) is 0 Å². The number of hydrogen-bond donors (Lipinski definition) is 2. The van der Waals surface area contributed by atoms with Gasteiger partial charge in [-0.2, -0.15) is 0 Å². The molecule has 0 spiro atoms. The van der Waals surface area contributed by atoms with Crippen molar-refractivity contribution in [3.8, 4) is 0 Å². The van der Waals surface area contributed by atoms with Crippen LogP contribution in [0.4, 0.5) is 0 Å². The summed E-state index contributed by atoms with van der Waals surface area (Å²) in [5, 5.41) is 6.41. The molecule has 0 unspecified atom stereocenters. The highest BCUT2D eigenvalue weighted by Gasteiger charge is 1.86. The van der Waals surface area contributed by atoms with E-state index in [1.54, 1.807) is 0 Å². The van der Waals surface area contributed by atoms with E-state index < -0.39 is 0 Å². The molecule has 46 valence electrons. The van der Waals surface area contributed by atoms with E-state index in [1.807, 2.05) is 0 Å². The fourth-order valence-electron chi connectivity index (χ4n) is 0.719.